The Hall–Kier alpha value is -0.860. The van der Waals surface area contributed by atoms with Crippen molar-refractivity contribution in [1.82, 2.24) is 0 Å². The van der Waals surface area contributed by atoms with Crippen molar-refractivity contribution in [2.24, 2.45) is 5.73 Å². The molecule has 2 nitrogen and oxygen atoms in total. The number of hydrogen-bond acceptors (Lipinski definition) is 2. The predicted octanol–water partition coefficient (Wildman–Crippen LogP) is 1.70. The zero-order chi connectivity index (χ0) is 9.76. The van der Waals surface area contributed by atoms with Gasteiger partial charge >= 0.3 is 0 Å². The molecule has 3 N–H and O–H groups in total. The highest BCUT2D eigenvalue weighted by Gasteiger charge is 2.47. The molecule has 0 amide bonds. The number of fused-ring (bicyclic) bond motifs is 4. The lowest BCUT2D eigenvalue weighted by atomic mass is 9.77. The van der Waals surface area contributed by atoms with E-state index in [9.17, 15) is 5.11 Å². The molecular weight excluding hydrogens is 174 g/mol. The molecule has 0 saturated heterocycles. The molecule has 1 saturated carbocycles. The Morgan fingerprint density at radius 1 is 1.29 bits per heavy atom. The molecular formula is C12H15NO. The highest BCUT2D eigenvalue weighted by atomic mass is 16.3. The van der Waals surface area contributed by atoms with Crippen LogP contribution in [0.3, 0.4) is 0 Å². The number of rotatable bonds is 0. The van der Waals surface area contributed by atoms with Crippen molar-refractivity contribution >= 4 is 0 Å². The average Bonchev–Trinajstić information content (AvgIpc) is 2.57. The summed E-state index contributed by atoms with van der Waals surface area (Å²) in [4.78, 5) is 0. The minimum absolute atomic E-state index is 0.348. The molecule has 2 aliphatic carbocycles. The molecule has 0 radical (unpaired) electrons. The number of hydrogen-bond donors (Lipinski definition) is 2. The molecule has 3 atom stereocenters. The van der Waals surface area contributed by atoms with Gasteiger partial charge < -0.3 is 10.8 Å². The first kappa shape index (κ1) is 8.45. The van der Waals surface area contributed by atoms with Crippen LogP contribution in [-0.4, -0.2) is 10.6 Å². The molecule has 0 spiro atoms. The predicted molar refractivity (Wildman–Crippen MR) is 54.9 cm³/mol. The van der Waals surface area contributed by atoms with Crippen LogP contribution in [0, 0.1) is 0 Å². The molecule has 0 aromatic heterocycles. The van der Waals surface area contributed by atoms with E-state index in [1.54, 1.807) is 0 Å². The fraction of sp³-hybridized carbons (Fsp3) is 0.500. The second kappa shape index (κ2) is 2.59. The van der Waals surface area contributed by atoms with Gasteiger partial charge in [0.05, 0.1) is 6.10 Å². The zero-order valence-corrected chi connectivity index (χ0v) is 8.11. The summed E-state index contributed by atoms with van der Waals surface area (Å²) in [5.74, 6) is 0.583. The molecule has 0 heterocycles. The van der Waals surface area contributed by atoms with Gasteiger partial charge in [-0.25, -0.2) is 0 Å². The van der Waals surface area contributed by atoms with Crippen LogP contribution in [0.15, 0.2) is 24.3 Å². The third-order valence-electron chi connectivity index (χ3n) is 3.86. The first-order valence-corrected chi connectivity index (χ1v) is 5.26. The molecule has 1 aromatic carbocycles. The van der Waals surface area contributed by atoms with E-state index < -0.39 is 6.10 Å². The number of benzene rings is 1. The maximum atomic E-state index is 10.2. The van der Waals surface area contributed by atoms with Crippen LogP contribution in [0.5, 0.6) is 0 Å². The van der Waals surface area contributed by atoms with Crippen LogP contribution < -0.4 is 5.73 Å². The highest BCUT2D eigenvalue weighted by Crippen LogP contribution is 2.51. The first-order chi connectivity index (χ1) is 6.71. The summed E-state index contributed by atoms with van der Waals surface area (Å²) >= 11 is 0. The van der Waals surface area contributed by atoms with Gasteiger partial charge in [0.15, 0.2) is 0 Å². The molecule has 2 aliphatic rings. The van der Waals surface area contributed by atoms with E-state index in [0.29, 0.717) is 5.92 Å². The van der Waals surface area contributed by atoms with Gasteiger partial charge in [0.2, 0.25) is 0 Å². The average molecular weight is 189 g/mol. The molecule has 2 bridgehead atoms. The molecule has 3 rings (SSSR count). The minimum atomic E-state index is -0.461. The number of aliphatic hydroxyl groups is 1. The monoisotopic (exact) mass is 189 g/mol. The topological polar surface area (TPSA) is 46.2 Å². The van der Waals surface area contributed by atoms with Crippen molar-refractivity contribution in [3.63, 3.8) is 0 Å². The van der Waals surface area contributed by atoms with Gasteiger partial charge in [-0.05, 0) is 36.3 Å². The van der Waals surface area contributed by atoms with Crippen molar-refractivity contribution in [3.8, 4) is 0 Å². The van der Waals surface area contributed by atoms with Crippen molar-refractivity contribution < 1.29 is 5.11 Å². The van der Waals surface area contributed by atoms with Crippen molar-refractivity contribution in [2.75, 3.05) is 0 Å². The van der Waals surface area contributed by atoms with Gasteiger partial charge in [0.25, 0.3) is 0 Å². The summed E-state index contributed by atoms with van der Waals surface area (Å²) in [6.45, 7) is 0. The van der Waals surface area contributed by atoms with Gasteiger partial charge in [-0.2, -0.15) is 0 Å². The van der Waals surface area contributed by atoms with E-state index in [0.717, 1.165) is 24.8 Å². The standard InChI is InChI=1S/C12H15NO/c13-12-6-5-8(7-12)9-3-1-2-4-10(9)11(12)14/h1-4,8,11,14H,5-7,13H2/t8-,11-,12-/m0/s1. The Bertz CT molecular complexity index is 376. The van der Waals surface area contributed by atoms with E-state index in [4.69, 9.17) is 5.73 Å². The first-order valence-electron chi connectivity index (χ1n) is 5.26. The zero-order valence-electron chi connectivity index (χ0n) is 8.11. The van der Waals surface area contributed by atoms with Gasteiger partial charge in [0.1, 0.15) is 0 Å². The summed E-state index contributed by atoms with van der Waals surface area (Å²) in [6, 6.07) is 8.18. The van der Waals surface area contributed by atoms with Crippen LogP contribution in [0.1, 0.15) is 42.4 Å². The minimum Gasteiger partial charge on any atom is -0.386 e. The Morgan fingerprint density at radius 3 is 2.79 bits per heavy atom. The molecule has 14 heavy (non-hydrogen) atoms. The third kappa shape index (κ3) is 0.928. The normalized spacial score (nSPS) is 39.6. The van der Waals surface area contributed by atoms with E-state index in [2.05, 4.69) is 6.07 Å². The van der Waals surface area contributed by atoms with Gasteiger partial charge in [-0.1, -0.05) is 24.3 Å². The summed E-state index contributed by atoms with van der Waals surface area (Å²) in [5.41, 5.74) is 8.24. The van der Waals surface area contributed by atoms with Crippen LogP contribution >= 0.6 is 0 Å². The fourth-order valence-electron chi connectivity index (χ4n) is 3.06. The maximum absolute atomic E-state index is 10.2. The summed E-state index contributed by atoms with van der Waals surface area (Å²) in [7, 11) is 0. The Balaban J connectivity index is 2.19. The van der Waals surface area contributed by atoms with Crippen LogP contribution in [0.2, 0.25) is 0 Å². The van der Waals surface area contributed by atoms with Crippen molar-refractivity contribution in [1.29, 1.82) is 0 Å². The maximum Gasteiger partial charge on any atom is 0.0972 e. The second-order valence-corrected chi connectivity index (χ2v) is 4.70. The van der Waals surface area contributed by atoms with E-state index in [1.807, 2.05) is 18.2 Å². The summed E-state index contributed by atoms with van der Waals surface area (Å²) in [6.07, 6.45) is 2.57. The van der Waals surface area contributed by atoms with E-state index in [1.165, 1.54) is 5.56 Å². The summed E-state index contributed by atoms with van der Waals surface area (Å²) in [5, 5.41) is 10.2. The quantitative estimate of drug-likeness (QED) is 0.652. The molecule has 74 valence electrons. The molecule has 2 heteroatoms. The SMILES string of the molecule is N[C@@]12CC[C@@H](C1)c1ccccc1[C@@H]2O. The Kier molecular flexibility index (Phi) is 1.56. The lowest BCUT2D eigenvalue weighted by molar-refractivity contribution is 0.0796. The number of aliphatic hydroxyl groups excluding tert-OH is 1. The van der Waals surface area contributed by atoms with Crippen molar-refractivity contribution in [3.05, 3.63) is 35.4 Å². The lowest BCUT2D eigenvalue weighted by Crippen LogP contribution is -2.45. The van der Waals surface area contributed by atoms with Crippen LogP contribution in [0.25, 0.3) is 0 Å². The van der Waals surface area contributed by atoms with E-state index in [-0.39, 0.29) is 5.54 Å². The van der Waals surface area contributed by atoms with Gasteiger partial charge in [-0.15, -0.1) is 0 Å². The van der Waals surface area contributed by atoms with Crippen LogP contribution in [-0.2, 0) is 0 Å². The fourth-order valence-corrected chi connectivity index (χ4v) is 3.06. The largest absolute Gasteiger partial charge is 0.386 e. The van der Waals surface area contributed by atoms with Gasteiger partial charge in [-0.3, -0.25) is 0 Å². The second-order valence-electron chi connectivity index (χ2n) is 4.70. The molecule has 1 aromatic rings. The third-order valence-corrected chi connectivity index (χ3v) is 3.86. The molecule has 0 unspecified atom stereocenters. The van der Waals surface area contributed by atoms with Gasteiger partial charge in [0, 0.05) is 5.54 Å². The van der Waals surface area contributed by atoms with Crippen LogP contribution in [0.4, 0.5) is 0 Å². The Morgan fingerprint density at radius 2 is 2.00 bits per heavy atom. The van der Waals surface area contributed by atoms with Crippen molar-refractivity contribution in [2.45, 2.75) is 36.8 Å². The molecule has 1 fully saturated rings. The molecule has 0 aliphatic heterocycles. The van der Waals surface area contributed by atoms with E-state index >= 15 is 0 Å². The number of nitrogens with two attached hydrogens (primary N) is 1. The smallest absolute Gasteiger partial charge is 0.0972 e. The highest BCUT2D eigenvalue weighted by molar-refractivity contribution is 5.39. The lowest BCUT2D eigenvalue weighted by Gasteiger charge is -2.36. The Labute approximate surface area is 83.7 Å². The summed E-state index contributed by atoms with van der Waals surface area (Å²) < 4.78 is 0.